The van der Waals surface area contributed by atoms with Crippen molar-refractivity contribution in [1.82, 2.24) is 10.6 Å². The predicted molar refractivity (Wildman–Crippen MR) is 133 cm³/mol. The van der Waals surface area contributed by atoms with Crippen LogP contribution in [0.15, 0.2) is 47.4 Å². The van der Waals surface area contributed by atoms with E-state index in [0.717, 1.165) is 37.1 Å². The Morgan fingerprint density at radius 1 is 1.00 bits per heavy atom. The number of thioether (sulfide) groups is 1. The van der Waals surface area contributed by atoms with Gasteiger partial charge in [-0.3, -0.25) is 0 Å². The molecule has 31 heavy (non-hydrogen) atoms. The number of hydrogen-bond acceptors (Lipinski definition) is 4. The van der Waals surface area contributed by atoms with Crippen molar-refractivity contribution in [1.29, 1.82) is 0 Å². The van der Waals surface area contributed by atoms with Crippen molar-refractivity contribution < 1.29 is 4.74 Å². The van der Waals surface area contributed by atoms with Gasteiger partial charge in [0.1, 0.15) is 5.75 Å². The second-order valence-corrected chi connectivity index (χ2v) is 10.4. The van der Waals surface area contributed by atoms with Crippen LogP contribution in [0.1, 0.15) is 67.7 Å². The lowest BCUT2D eigenvalue weighted by molar-refractivity contribution is 0.301. The van der Waals surface area contributed by atoms with Crippen molar-refractivity contribution in [2.75, 3.05) is 13.2 Å². The van der Waals surface area contributed by atoms with E-state index in [1.54, 1.807) is 0 Å². The average molecular weight is 459 g/mol. The molecule has 0 spiro atoms. The first kappa shape index (κ1) is 23.0. The molecular weight excluding hydrogens is 424 g/mol. The van der Waals surface area contributed by atoms with E-state index >= 15 is 0 Å². The Kier molecular flexibility index (Phi) is 8.22. The summed E-state index contributed by atoms with van der Waals surface area (Å²) in [5.74, 6) is 1.15. The van der Waals surface area contributed by atoms with Crippen LogP contribution in [0, 0.1) is 0 Å². The van der Waals surface area contributed by atoms with Crippen LogP contribution < -0.4 is 15.4 Å². The Hall–Kier alpha value is -1.20. The highest BCUT2D eigenvalue weighted by molar-refractivity contribution is 8.00. The van der Waals surface area contributed by atoms with Gasteiger partial charge in [-0.2, -0.15) is 0 Å². The molecule has 2 aromatic rings. The monoisotopic (exact) mass is 458 g/mol. The van der Waals surface area contributed by atoms with Crippen molar-refractivity contribution in [3.63, 3.8) is 0 Å². The smallest absolute Gasteiger partial charge is 0.127 e. The lowest BCUT2D eigenvalue weighted by atomic mass is 9.92. The maximum Gasteiger partial charge on any atom is 0.127 e. The first-order valence-corrected chi connectivity index (χ1v) is 12.7. The van der Waals surface area contributed by atoms with E-state index in [4.69, 9.17) is 4.74 Å². The molecule has 1 saturated heterocycles. The quantitative estimate of drug-likeness (QED) is 0.551. The fourth-order valence-corrected chi connectivity index (χ4v) is 6.67. The lowest BCUT2D eigenvalue weighted by Crippen LogP contribution is -2.45. The van der Waals surface area contributed by atoms with E-state index in [1.807, 2.05) is 0 Å². The highest BCUT2D eigenvalue weighted by Crippen LogP contribution is 2.39. The Labute approximate surface area is 197 Å². The molecular formula is C26H35ClN2OS. The second kappa shape index (κ2) is 11.1. The molecule has 2 heterocycles. The van der Waals surface area contributed by atoms with Crippen LogP contribution in [0.3, 0.4) is 0 Å². The maximum absolute atomic E-state index is 6.06. The van der Waals surface area contributed by atoms with E-state index in [9.17, 15) is 0 Å². The van der Waals surface area contributed by atoms with Crippen LogP contribution >= 0.6 is 24.2 Å². The van der Waals surface area contributed by atoms with Gasteiger partial charge < -0.3 is 15.4 Å². The lowest BCUT2D eigenvalue weighted by Gasteiger charge is -2.34. The van der Waals surface area contributed by atoms with E-state index < -0.39 is 0 Å². The number of piperidine rings is 1. The molecule has 2 atom stereocenters. The zero-order valence-corrected chi connectivity index (χ0v) is 19.9. The summed E-state index contributed by atoms with van der Waals surface area (Å²) in [5.41, 5.74) is 4.15. The first-order chi connectivity index (χ1) is 14.9. The van der Waals surface area contributed by atoms with Crippen molar-refractivity contribution in [2.24, 2.45) is 0 Å². The standard InChI is InChI=1S/C26H34N2OS.ClH/c1-3-8-19(9-4-1)25-24(12-7-14-27-25)28-18-21-17-23(16-20-13-15-29-26(20)21)30-22-10-5-2-6-11-22;/h1,3-4,8-9,16-17,22,24-25,27-28H,2,5-7,10-15,18H2;1H/t24-,25-;/m0./s1. The summed E-state index contributed by atoms with van der Waals surface area (Å²) < 4.78 is 6.06. The summed E-state index contributed by atoms with van der Waals surface area (Å²) in [6.45, 7) is 2.82. The summed E-state index contributed by atoms with van der Waals surface area (Å²) >= 11 is 2.11. The third kappa shape index (κ3) is 5.60. The molecule has 0 aromatic heterocycles. The van der Waals surface area contributed by atoms with E-state index in [0.29, 0.717) is 12.1 Å². The van der Waals surface area contributed by atoms with Crippen LogP contribution in [0.5, 0.6) is 5.75 Å². The summed E-state index contributed by atoms with van der Waals surface area (Å²) in [4.78, 5) is 1.45. The molecule has 1 saturated carbocycles. The van der Waals surface area contributed by atoms with Gasteiger partial charge in [0.2, 0.25) is 0 Å². The van der Waals surface area contributed by atoms with E-state index in [-0.39, 0.29) is 12.4 Å². The molecule has 168 valence electrons. The Bertz CT molecular complexity index is 841. The number of benzene rings is 2. The number of rotatable bonds is 6. The van der Waals surface area contributed by atoms with Gasteiger partial charge in [0.25, 0.3) is 0 Å². The molecule has 0 bridgehead atoms. The molecule has 2 fully saturated rings. The Balaban J connectivity index is 0.00000231. The SMILES string of the molecule is Cl.c1ccc([C@@H]2NCCC[C@@H]2NCc2cc(SC3CCCCC3)cc3c2OCC3)cc1. The van der Waals surface area contributed by atoms with Crippen LogP contribution in [-0.4, -0.2) is 24.4 Å². The zero-order chi connectivity index (χ0) is 20.2. The summed E-state index contributed by atoms with van der Waals surface area (Å²) in [7, 11) is 0. The fraction of sp³-hybridized carbons (Fsp3) is 0.538. The average Bonchev–Trinajstić information content (AvgIpc) is 3.28. The minimum Gasteiger partial charge on any atom is -0.493 e. The van der Waals surface area contributed by atoms with Crippen molar-refractivity contribution >= 4 is 24.2 Å². The van der Waals surface area contributed by atoms with Gasteiger partial charge in [-0.25, -0.2) is 0 Å². The zero-order valence-electron chi connectivity index (χ0n) is 18.3. The summed E-state index contributed by atoms with van der Waals surface area (Å²) in [6.07, 6.45) is 10.5. The van der Waals surface area contributed by atoms with Crippen molar-refractivity contribution in [2.45, 2.75) is 80.1 Å². The topological polar surface area (TPSA) is 33.3 Å². The number of ether oxygens (including phenoxy) is 1. The van der Waals surface area contributed by atoms with Crippen molar-refractivity contribution in [3.8, 4) is 5.75 Å². The molecule has 3 nitrogen and oxygen atoms in total. The molecule has 5 rings (SSSR count). The van der Waals surface area contributed by atoms with E-state index in [1.165, 1.54) is 66.5 Å². The molecule has 2 aromatic carbocycles. The van der Waals surface area contributed by atoms with Crippen LogP contribution in [0.25, 0.3) is 0 Å². The number of hydrogen-bond donors (Lipinski definition) is 2. The molecule has 0 unspecified atom stereocenters. The van der Waals surface area contributed by atoms with Gasteiger partial charge in [0, 0.05) is 40.8 Å². The van der Waals surface area contributed by atoms with E-state index in [2.05, 4.69) is 64.9 Å². The normalized spacial score (nSPS) is 23.6. The largest absolute Gasteiger partial charge is 0.493 e. The van der Waals surface area contributed by atoms with Gasteiger partial charge in [-0.15, -0.1) is 24.2 Å². The number of halogens is 1. The van der Waals surface area contributed by atoms with Gasteiger partial charge in [0.05, 0.1) is 6.61 Å². The van der Waals surface area contributed by atoms with Crippen LogP contribution in [0.4, 0.5) is 0 Å². The van der Waals surface area contributed by atoms with Crippen LogP contribution in [-0.2, 0) is 13.0 Å². The van der Waals surface area contributed by atoms with Gasteiger partial charge in [0.15, 0.2) is 0 Å². The third-order valence-electron chi connectivity index (χ3n) is 6.86. The van der Waals surface area contributed by atoms with Gasteiger partial charge in [-0.1, -0.05) is 49.6 Å². The molecule has 1 aliphatic carbocycles. The van der Waals surface area contributed by atoms with Crippen molar-refractivity contribution in [3.05, 3.63) is 59.2 Å². The molecule has 3 aliphatic rings. The third-order valence-corrected chi connectivity index (χ3v) is 8.17. The molecule has 2 N–H and O–H groups in total. The van der Waals surface area contributed by atoms with Gasteiger partial charge in [-0.05, 0) is 55.5 Å². The summed E-state index contributed by atoms with van der Waals surface area (Å²) in [6, 6.07) is 16.5. The van der Waals surface area contributed by atoms with Gasteiger partial charge >= 0.3 is 0 Å². The van der Waals surface area contributed by atoms with Crippen LogP contribution in [0.2, 0.25) is 0 Å². The molecule has 5 heteroatoms. The Morgan fingerprint density at radius 3 is 2.68 bits per heavy atom. The number of fused-ring (bicyclic) bond motifs is 1. The molecule has 0 radical (unpaired) electrons. The Morgan fingerprint density at radius 2 is 1.84 bits per heavy atom. The minimum absolute atomic E-state index is 0. The summed E-state index contributed by atoms with van der Waals surface area (Å²) in [5, 5.41) is 8.43. The highest BCUT2D eigenvalue weighted by Gasteiger charge is 2.27. The predicted octanol–water partition coefficient (Wildman–Crippen LogP) is 6.05. The minimum atomic E-state index is 0. The highest BCUT2D eigenvalue weighted by atomic mass is 35.5. The molecule has 0 amide bonds. The number of nitrogens with one attached hydrogen (secondary N) is 2. The first-order valence-electron chi connectivity index (χ1n) is 11.8. The maximum atomic E-state index is 6.06. The molecule has 2 aliphatic heterocycles. The fourth-order valence-electron chi connectivity index (χ4n) is 5.29. The second-order valence-electron chi connectivity index (χ2n) is 9.02.